The zero-order valence-electron chi connectivity index (χ0n) is 18.0. The summed E-state index contributed by atoms with van der Waals surface area (Å²) in [5.41, 5.74) is 1.50. The van der Waals surface area contributed by atoms with Crippen LogP contribution in [0.25, 0.3) is 11.2 Å². The van der Waals surface area contributed by atoms with Crippen LogP contribution in [0.3, 0.4) is 0 Å². The number of hydrogen-bond acceptors (Lipinski definition) is 5. The van der Waals surface area contributed by atoms with Crippen molar-refractivity contribution in [2.24, 2.45) is 7.05 Å². The Morgan fingerprint density at radius 3 is 2.62 bits per heavy atom. The Morgan fingerprint density at radius 2 is 1.94 bits per heavy atom. The molecule has 4 rings (SSSR count). The van der Waals surface area contributed by atoms with E-state index in [0.29, 0.717) is 18.0 Å². The number of ether oxygens (including phenoxy) is 1. The molecule has 0 aliphatic heterocycles. The van der Waals surface area contributed by atoms with Gasteiger partial charge in [0.2, 0.25) is 0 Å². The summed E-state index contributed by atoms with van der Waals surface area (Å²) in [7, 11) is 1.58. The smallest absolute Gasteiger partial charge is 0.332 e. The number of aliphatic hydroxyl groups excluding tert-OH is 1. The van der Waals surface area contributed by atoms with E-state index in [1.54, 1.807) is 23.7 Å². The molecule has 168 valence electrons. The molecular weight excluding hydrogens is 432 g/mol. The Labute approximate surface area is 189 Å². The highest BCUT2D eigenvalue weighted by molar-refractivity contribution is 6.30. The highest BCUT2D eigenvalue weighted by atomic mass is 35.5. The Balaban J connectivity index is 1.93. The Morgan fingerprint density at radius 1 is 1.19 bits per heavy atom. The minimum absolute atomic E-state index is 0.118. The van der Waals surface area contributed by atoms with Crippen LogP contribution in [0.15, 0.2) is 57.3 Å². The maximum absolute atomic E-state index is 13.3. The molecule has 1 aliphatic carbocycles. The zero-order valence-corrected chi connectivity index (χ0v) is 18.8. The predicted molar refractivity (Wildman–Crippen MR) is 123 cm³/mol. The van der Waals surface area contributed by atoms with Gasteiger partial charge in [0, 0.05) is 31.6 Å². The molecule has 0 saturated carbocycles. The number of benzene rings is 1. The molecule has 0 atom stereocenters. The minimum atomic E-state index is -0.477. The van der Waals surface area contributed by atoms with Crippen LogP contribution in [0, 0.1) is 0 Å². The van der Waals surface area contributed by atoms with Crippen LogP contribution in [0.5, 0.6) is 6.01 Å². The van der Waals surface area contributed by atoms with Crippen LogP contribution in [0.2, 0.25) is 5.02 Å². The molecule has 1 N–H and O–H groups in total. The molecule has 8 nitrogen and oxygen atoms in total. The van der Waals surface area contributed by atoms with Crippen molar-refractivity contribution >= 4 is 22.8 Å². The molecular formula is C23H25ClN4O4. The van der Waals surface area contributed by atoms with Crippen molar-refractivity contribution in [1.82, 2.24) is 18.7 Å². The van der Waals surface area contributed by atoms with Gasteiger partial charge in [0.1, 0.15) is 5.76 Å². The lowest BCUT2D eigenvalue weighted by molar-refractivity contribution is 0.277. The van der Waals surface area contributed by atoms with Gasteiger partial charge in [-0.2, -0.15) is 4.98 Å². The topological polar surface area (TPSA) is 91.3 Å². The second kappa shape index (κ2) is 9.18. The quantitative estimate of drug-likeness (QED) is 0.590. The van der Waals surface area contributed by atoms with Gasteiger partial charge in [-0.1, -0.05) is 35.9 Å². The molecule has 9 heteroatoms. The SMILES string of the molecule is CC1=C(Oc2nc3c(c(=O)n(CCCO)c(=O)n3C)n2Cc2ccc(Cl)cc2)CCC=C1. The average molecular weight is 457 g/mol. The monoisotopic (exact) mass is 456 g/mol. The van der Waals surface area contributed by atoms with Crippen LogP contribution in [-0.4, -0.2) is 30.4 Å². The number of hydrogen-bond donors (Lipinski definition) is 1. The van der Waals surface area contributed by atoms with Crippen LogP contribution in [0.1, 0.15) is 31.7 Å². The van der Waals surface area contributed by atoms with Crippen molar-refractivity contribution in [3.63, 3.8) is 0 Å². The summed E-state index contributed by atoms with van der Waals surface area (Å²) >= 11 is 6.03. The molecule has 2 aromatic heterocycles. The molecule has 0 bridgehead atoms. The Kier molecular flexibility index (Phi) is 6.34. The first-order chi connectivity index (χ1) is 15.4. The van der Waals surface area contributed by atoms with Gasteiger partial charge in [0.25, 0.3) is 5.56 Å². The fraction of sp³-hybridized carbons (Fsp3) is 0.348. The molecule has 2 heterocycles. The Bertz CT molecular complexity index is 1330. The summed E-state index contributed by atoms with van der Waals surface area (Å²) < 4.78 is 10.4. The molecule has 1 aliphatic rings. The van der Waals surface area contributed by atoms with E-state index in [4.69, 9.17) is 16.3 Å². The number of rotatable bonds is 7. The summed E-state index contributed by atoms with van der Waals surface area (Å²) in [5, 5.41) is 9.81. The first-order valence-electron chi connectivity index (χ1n) is 10.5. The van der Waals surface area contributed by atoms with Gasteiger partial charge in [-0.3, -0.25) is 18.5 Å². The molecule has 3 aromatic rings. The van der Waals surface area contributed by atoms with E-state index in [2.05, 4.69) is 11.1 Å². The molecule has 0 amide bonds. The van der Waals surface area contributed by atoms with Crippen LogP contribution < -0.4 is 16.0 Å². The molecule has 0 radical (unpaired) electrons. The van der Waals surface area contributed by atoms with E-state index in [1.165, 1.54) is 4.57 Å². The first-order valence-corrected chi connectivity index (χ1v) is 10.9. The highest BCUT2D eigenvalue weighted by Crippen LogP contribution is 2.26. The van der Waals surface area contributed by atoms with Crippen molar-refractivity contribution in [3.05, 3.63) is 79.2 Å². The Hall–Kier alpha value is -3.10. The third-order valence-corrected chi connectivity index (χ3v) is 5.80. The third-order valence-electron chi connectivity index (χ3n) is 5.55. The lowest BCUT2D eigenvalue weighted by atomic mass is 10.1. The van der Waals surface area contributed by atoms with E-state index in [9.17, 15) is 14.7 Å². The maximum atomic E-state index is 13.3. The van der Waals surface area contributed by atoms with Gasteiger partial charge in [-0.05, 0) is 43.0 Å². The lowest BCUT2D eigenvalue weighted by Gasteiger charge is -2.15. The summed E-state index contributed by atoms with van der Waals surface area (Å²) in [4.78, 5) is 30.7. The standard InChI is InChI=1S/C23H25ClN4O4/c1-15-6-3-4-7-18(15)32-22-25-20-19(28(22)14-16-8-10-17(24)11-9-16)21(30)27(12-5-13-29)23(31)26(20)2/h3,6,8-11,29H,4-5,7,12-14H2,1-2H3. The van der Waals surface area contributed by atoms with E-state index in [1.807, 2.05) is 25.1 Å². The molecule has 0 saturated heterocycles. The third kappa shape index (κ3) is 4.16. The van der Waals surface area contributed by atoms with E-state index >= 15 is 0 Å². The average Bonchev–Trinajstić information content (AvgIpc) is 3.13. The number of aryl methyl sites for hydroxylation is 1. The van der Waals surface area contributed by atoms with Crippen LogP contribution >= 0.6 is 11.6 Å². The van der Waals surface area contributed by atoms with E-state index in [0.717, 1.165) is 34.3 Å². The fourth-order valence-corrected chi connectivity index (χ4v) is 3.91. The zero-order chi connectivity index (χ0) is 22.8. The molecule has 0 unspecified atom stereocenters. The number of imidazole rings is 1. The second-order valence-corrected chi connectivity index (χ2v) is 8.24. The van der Waals surface area contributed by atoms with Gasteiger partial charge < -0.3 is 9.84 Å². The number of fused-ring (bicyclic) bond motifs is 1. The number of aliphatic hydroxyl groups is 1. The normalized spacial score (nSPS) is 13.9. The minimum Gasteiger partial charge on any atom is -0.430 e. The second-order valence-electron chi connectivity index (χ2n) is 7.80. The molecule has 32 heavy (non-hydrogen) atoms. The largest absolute Gasteiger partial charge is 0.430 e. The molecule has 1 aromatic carbocycles. The van der Waals surface area contributed by atoms with Crippen molar-refractivity contribution in [2.45, 2.75) is 39.3 Å². The first kappa shape index (κ1) is 22.1. The van der Waals surface area contributed by atoms with Crippen LogP contribution in [-0.2, 0) is 20.1 Å². The highest BCUT2D eigenvalue weighted by Gasteiger charge is 2.23. The fourth-order valence-electron chi connectivity index (χ4n) is 3.78. The van der Waals surface area contributed by atoms with Gasteiger partial charge in [-0.15, -0.1) is 0 Å². The molecule has 0 spiro atoms. The van der Waals surface area contributed by atoms with E-state index in [-0.39, 0.29) is 30.3 Å². The summed E-state index contributed by atoms with van der Waals surface area (Å²) in [6, 6.07) is 7.57. The van der Waals surface area contributed by atoms with E-state index < -0.39 is 11.2 Å². The predicted octanol–water partition coefficient (Wildman–Crippen LogP) is 2.98. The van der Waals surface area contributed by atoms with Gasteiger partial charge >= 0.3 is 11.7 Å². The number of aromatic nitrogens is 4. The van der Waals surface area contributed by atoms with Crippen molar-refractivity contribution < 1.29 is 9.84 Å². The van der Waals surface area contributed by atoms with Gasteiger partial charge in [-0.25, -0.2) is 4.79 Å². The van der Waals surface area contributed by atoms with Crippen molar-refractivity contribution in [2.75, 3.05) is 6.61 Å². The van der Waals surface area contributed by atoms with Gasteiger partial charge in [0.05, 0.1) is 6.54 Å². The maximum Gasteiger partial charge on any atom is 0.332 e. The van der Waals surface area contributed by atoms with Crippen molar-refractivity contribution in [1.29, 1.82) is 0 Å². The lowest BCUT2D eigenvalue weighted by Crippen LogP contribution is -2.39. The van der Waals surface area contributed by atoms with Gasteiger partial charge in [0.15, 0.2) is 11.2 Å². The number of allylic oxidation sites excluding steroid dienone is 4. The summed E-state index contributed by atoms with van der Waals surface area (Å²) in [5.74, 6) is 0.783. The molecule has 0 fully saturated rings. The number of halogens is 1. The van der Waals surface area contributed by atoms with Crippen molar-refractivity contribution in [3.8, 4) is 6.01 Å². The summed E-state index contributed by atoms with van der Waals surface area (Å²) in [6.45, 7) is 2.29. The number of nitrogens with zero attached hydrogens (tertiary/aromatic N) is 4. The van der Waals surface area contributed by atoms with Crippen LogP contribution in [0.4, 0.5) is 0 Å². The summed E-state index contributed by atoms with van der Waals surface area (Å²) in [6.07, 6.45) is 5.97.